The van der Waals surface area contributed by atoms with Crippen molar-refractivity contribution in [3.63, 3.8) is 0 Å². The highest BCUT2D eigenvalue weighted by molar-refractivity contribution is 5.99. The van der Waals surface area contributed by atoms with E-state index in [0.29, 0.717) is 16.8 Å². The van der Waals surface area contributed by atoms with Gasteiger partial charge >= 0.3 is 0 Å². The number of nitro benzene ring substituents is 1. The molecule has 2 aromatic rings. The lowest BCUT2D eigenvalue weighted by molar-refractivity contribution is -0.384. The molecule has 0 saturated heterocycles. The van der Waals surface area contributed by atoms with E-state index >= 15 is 0 Å². The summed E-state index contributed by atoms with van der Waals surface area (Å²) in [4.78, 5) is 22.1. The molecule has 0 heterocycles. The largest absolute Gasteiger partial charge is 0.378 e. The monoisotopic (exact) mass is 313 g/mol. The molecule has 7 nitrogen and oxygen atoms in total. The molecule has 0 saturated carbocycles. The Kier molecular flexibility index (Phi) is 5.16. The minimum atomic E-state index is -1.34. The van der Waals surface area contributed by atoms with Crippen LogP contribution in [0.25, 0.3) is 0 Å². The molecule has 1 atom stereocenters. The zero-order valence-electron chi connectivity index (χ0n) is 12.3. The van der Waals surface area contributed by atoms with Gasteiger partial charge < -0.3 is 5.11 Å². The number of benzene rings is 2. The molecule has 0 fully saturated rings. The van der Waals surface area contributed by atoms with Crippen molar-refractivity contribution in [3.8, 4) is 0 Å². The third-order valence-electron chi connectivity index (χ3n) is 3.17. The number of hydrazone groups is 1. The maximum Gasteiger partial charge on any atom is 0.273 e. The summed E-state index contributed by atoms with van der Waals surface area (Å²) in [5.41, 5.74) is 3.55. The number of aliphatic hydroxyl groups excluding tert-OH is 1. The third-order valence-corrected chi connectivity index (χ3v) is 3.17. The first-order chi connectivity index (χ1) is 11.0. The van der Waals surface area contributed by atoms with Gasteiger partial charge in [0.15, 0.2) is 6.10 Å². The van der Waals surface area contributed by atoms with E-state index in [1.54, 1.807) is 43.3 Å². The van der Waals surface area contributed by atoms with Crippen LogP contribution in [-0.2, 0) is 4.79 Å². The Balaban J connectivity index is 2.08. The standard InChI is InChI=1S/C16H15N3O4/c1-11(13-8-5-9-14(10-13)19(22)23)17-18-16(21)15(20)12-6-3-2-4-7-12/h2-10,15,20H,1H3,(H,18,21)/b17-11-/t15-/m1/s1. The summed E-state index contributed by atoms with van der Waals surface area (Å²) < 4.78 is 0. The van der Waals surface area contributed by atoms with Gasteiger partial charge in [0.05, 0.1) is 10.6 Å². The molecule has 0 radical (unpaired) electrons. The number of nitro groups is 1. The number of hydrogen-bond donors (Lipinski definition) is 2. The lowest BCUT2D eigenvalue weighted by atomic mass is 10.1. The van der Waals surface area contributed by atoms with Crippen molar-refractivity contribution in [2.45, 2.75) is 13.0 Å². The molecular weight excluding hydrogens is 298 g/mol. The highest BCUT2D eigenvalue weighted by atomic mass is 16.6. The Bertz CT molecular complexity index is 744. The van der Waals surface area contributed by atoms with Gasteiger partial charge in [-0.2, -0.15) is 5.10 Å². The molecule has 2 aromatic carbocycles. The summed E-state index contributed by atoms with van der Waals surface area (Å²) in [5, 5.41) is 24.5. The van der Waals surface area contributed by atoms with Gasteiger partial charge in [-0.1, -0.05) is 42.5 Å². The van der Waals surface area contributed by atoms with Gasteiger partial charge in [0.1, 0.15) is 0 Å². The van der Waals surface area contributed by atoms with Crippen molar-refractivity contribution in [2.75, 3.05) is 0 Å². The molecule has 0 unspecified atom stereocenters. The molecule has 0 aliphatic carbocycles. The normalized spacial score (nSPS) is 12.5. The van der Waals surface area contributed by atoms with Crippen LogP contribution in [0.3, 0.4) is 0 Å². The van der Waals surface area contributed by atoms with Crippen LogP contribution in [0.15, 0.2) is 59.7 Å². The Morgan fingerprint density at radius 3 is 2.57 bits per heavy atom. The molecular formula is C16H15N3O4. The third kappa shape index (κ3) is 4.21. The van der Waals surface area contributed by atoms with Crippen LogP contribution >= 0.6 is 0 Å². The van der Waals surface area contributed by atoms with Crippen molar-refractivity contribution < 1.29 is 14.8 Å². The molecule has 23 heavy (non-hydrogen) atoms. The Labute approximate surface area is 132 Å². The average Bonchev–Trinajstić information content (AvgIpc) is 2.59. The molecule has 0 aliphatic rings. The van der Waals surface area contributed by atoms with Crippen molar-refractivity contribution in [1.29, 1.82) is 0 Å². The van der Waals surface area contributed by atoms with Crippen LogP contribution in [0.2, 0.25) is 0 Å². The van der Waals surface area contributed by atoms with Gasteiger partial charge in [-0.3, -0.25) is 14.9 Å². The molecule has 0 aromatic heterocycles. The number of rotatable bonds is 5. The van der Waals surface area contributed by atoms with Gasteiger partial charge in [0.2, 0.25) is 0 Å². The molecule has 0 aliphatic heterocycles. The zero-order chi connectivity index (χ0) is 16.8. The smallest absolute Gasteiger partial charge is 0.273 e. The van der Waals surface area contributed by atoms with E-state index in [-0.39, 0.29) is 5.69 Å². The predicted octanol–water partition coefficient (Wildman–Crippen LogP) is 2.17. The van der Waals surface area contributed by atoms with Crippen LogP contribution in [0, 0.1) is 10.1 Å². The fraction of sp³-hybridized carbons (Fsp3) is 0.125. The first-order valence-corrected chi connectivity index (χ1v) is 6.81. The summed E-state index contributed by atoms with van der Waals surface area (Å²) in [6, 6.07) is 14.4. The van der Waals surface area contributed by atoms with E-state index in [9.17, 15) is 20.0 Å². The van der Waals surface area contributed by atoms with Gasteiger partial charge in [0, 0.05) is 17.7 Å². The highest BCUT2D eigenvalue weighted by Gasteiger charge is 2.16. The van der Waals surface area contributed by atoms with E-state index in [0.717, 1.165) is 0 Å². The first-order valence-electron chi connectivity index (χ1n) is 6.81. The Morgan fingerprint density at radius 1 is 1.22 bits per heavy atom. The fourth-order valence-corrected chi connectivity index (χ4v) is 1.90. The maximum absolute atomic E-state index is 11.9. The molecule has 2 N–H and O–H groups in total. The topological polar surface area (TPSA) is 105 Å². The molecule has 7 heteroatoms. The van der Waals surface area contributed by atoms with Gasteiger partial charge in [-0.05, 0) is 12.5 Å². The second-order valence-electron chi connectivity index (χ2n) is 4.79. The van der Waals surface area contributed by atoms with Crippen LogP contribution in [-0.4, -0.2) is 21.6 Å². The number of nitrogens with zero attached hydrogens (tertiary/aromatic N) is 2. The van der Waals surface area contributed by atoms with E-state index in [1.807, 2.05) is 0 Å². The molecule has 0 bridgehead atoms. The second kappa shape index (κ2) is 7.28. The molecule has 118 valence electrons. The Morgan fingerprint density at radius 2 is 1.91 bits per heavy atom. The molecule has 1 amide bonds. The summed E-state index contributed by atoms with van der Waals surface area (Å²) in [5.74, 6) is -0.680. The van der Waals surface area contributed by atoms with Crippen molar-refractivity contribution in [3.05, 3.63) is 75.8 Å². The van der Waals surface area contributed by atoms with Crippen molar-refractivity contribution in [2.24, 2.45) is 5.10 Å². The highest BCUT2D eigenvalue weighted by Crippen LogP contribution is 2.14. The number of aliphatic hydroxyl groups is 1. The Hall–Kier alpha value is -3.06. The lowest BCUT2D eigenvalue weighted by Crippen LogP contribution is -2.26. The minimum Gasteiger partial charge on any atom is -0.378 e. The SMILES string of the molecule is C/C(=N/NC(=O)[C@H](O)c1ccccc1)c1cccc([N+](=O)[O-])c1. The predicted molar refractivity (Wildman–Crippen MR) is 84.9 cm³/mol. The maximum atomic E-state index is 11.9. The molecule has 2 rings (SSSR count). The van der Waals surface area contributed by atoms with Crippen LogP contribution in [0.1, 0.15) is 24.2 Å². The summed E-state index contributed by atoms with van der Waals surface area (Å²) in [6.07, 6.45) is -1.34. The van der Waals surface area contributed by atoms with Gasteiger partial charge in [-0.25, -0.2) is 5.43 Å². The van der Waals surface area contributed by atoms with Crippen molar-refractivity contribution >= 4 is 17.3 Å². The second-order valence-corrected chi connectivity index (χ2v) is 4.79. The summed E-state index contributed by atoms with van der Waals surface area (Å²) in [6.45, 7) is 1.61. The fourth-order valence-electron chi connectivity index (χ4n) is 1.90. The van der Waals surface area contributed by atoms with E-state index in [2.05, 4.69) is 10.5 Å². The lowest BCUT2D eigenvalue weighted by Gasteiger charge is -2.09. The summed E-state index contributed by atoms with van der Waals surface area (Å²) in [7, 11) is 0. The van der Waals surface area contributed by atoms with Gasteiger partial charge in [0.25, 0.3) is 11.6 Å². The first kappa shape index (κ1) is 16.3. The molecule has 0 spiro atoms. The number of nitrogens with one attached hydrogen (secondary N) is 1. The van der Waals surface area contributed by atoms with Crippen LogP contribution in [0.4, 0.5) is 5.69 Å². The van der Waals surface area contributed by atoms with Crippen LogP contribution < -0.4 is 5.43 Å². The number of hydrogen-bond acceptors (Lipinski definition) is 5. The average molecular weight is 313 g/mol. The number of amides is 1. The van der Waals surface area contributed by atoms with E-state index in [4.69, 9.17) is 0 Å². The van der Waals surface area contributed by atoms with Crippen LogP contribution in [0.5, 0.6) is 0 Å². The minimum absolute atomic E-state index is 0.0623. The van der Waals surface area contributed by atoms with E-state index < -0.39 is 16.9 Å². The zero-order valence-corrected chi connectivity index (χ0v) is 12.3. The van der Waals surface area contributed by atoms with E-state index in [1.165, 1.54) is 18.2 Å². The number of carbonyl (C=O) groups is 1. The van der Waals surface area contributed by atoms with Crippen molar-refractivity contribution in [1.82, 2.24) is 5.43 Å². The summed E-state index contributed by atoms with van der Waals surface area (Å²) >= 11 is 0. The quantitative estimate of drug-likeness (QED) is 0.501. The number of carbonyl (C=O) groups excluding carboxylic acids is 1. The van der Waals surface area contributed by atoms with Gasteiger partial charge in [-0.15, -0.1) is 0 Å². The number of non-ortho nitro benzene ring substituents is 1.